The van der Waals surface area contributed by atoms with Crippen LogP contribution in [0.25, 0.3) is 5.57 Å². The minimum Gasteiger partial charge on any atom is -0.493 e. The second kappa shape index (κ2) is 5.69. The molecule has 128 valence electrons. The average molecular weight is 341 g/mol. The molecule has 0 saturated carbocycles. The monoisotopic (exact) mass is 341 g/mol. The van der Waals surface area contributed by atoms with Crippen LogP contribution in [0.4, 0.5) is 8.78 Å². The molecule has 1 spiro atoms. The van der Waals surface area contributed by atoms with Crippen molar-refractivity contribution >= 4 is 11.5 Å². The highest BCUT2D eigenvalue weighted by Crippen LogP contribution is 2.48. The van der Waals surface area contributed by atoms with E-state index in [2.05, 4.69) is 0 Å². The number of benzene rings is 2. The van der Waals surface area contributed by atoms with Gasteiger partial charge in [-0.05, 0) is 35.9 Å². The van der Waals surface area contributed by atoms with Crippen LogP contribution in [0.15, 0.2) is 48.5 Å². The first-order valence-corrected chi connectivity index (χ1v) is 8.19. The third kappa shape index (κ3) is 2.42. The molecule has 2 aromatic carbocycles. The first-order valence-electron chi connectivity index (χ1n) is 8.19. The molecule has 25 heavy (non-hydrogen) atoms. The Morgan fingerprint density at radius 1 is 1.20 bits per heavy atom. The van der Waals surface area contributed by atoms with E-state index in [1.54, 1.807) is 4.90 Å². The lowest BCUT2D eigenvalue weighted by Crippen LogP contribution is -2.47. The number of rotatable bonds is 1. The molecule has 2 aliphatic rings. The minimum absolute atomic E-state index is 0.111. The molecule has 1 unspecified atom stereocenters. The summed E-state index contributed by atoms with van der Waals surface area (Å²) >= 11 is 0. The second-order valence-corrected chi connectivity index (χ2v) is 6.42. The Morgan fingerprint density at radius 3 is 2.80 bits per heavy atom. The topological polar surface area (TPSA) is 29.5 Å². The van der Waals surface area contributed by atoms with Gasteiger partial charge in [0.25, 0.3) is 0 Å². The highest BCUT2D eigenvalue weighted by atomic mass is 19.1. The molecule has 1 amide bonds. The van der Waals surface area contributed by atoms with Gasteiger partial charge in [-0.1, -0.05) is 18.2 Å². The van der Waals surface area contributed by atoms with Crippen molar-refractivity contribution in [2.75, 3.05) is 13.2 Å². The van der Waals surface area contributed by atoms with Crippen LogP contribution in [0.1, 0.15) is 24.5 Å². The third-order valence-electron chi connectivity index (χ3n) is 4.97. The van der Waals surface area contributed by atoms with Crippen LogP contribution in [0, 0.1) is 11.6 Å². The first-order chi connectivity index (χ1) is 12.0. The maximum atomic E-state index is 14.3. The van der Waals surface area contributed by atoms with Crippen LogP contribution in [0.5, 0.6) is 5.75 Å². The summed E-state index contributed by atoms with van der Waals surface area (Å²) in [6, 6.07) is 11.0. The lowest BCUT2D eigenvalue weighted by molar-refractivity contribution is -0.133. The molecule has 0 radical (unpaired) electrons. The fraction of sp³-hybridized carbons (Fsp3) is 0.250. The summed E-state index contributed by atoms with van der Waals surface area (Å²) in [6.07, 6.45) is 2.47. The Balaban J connectivity index is 1.90. The third-order valence-corrected chi connectivity index (χ3v) is 4.97. The van der Waals surface area contributed by atoms with E-state index in [1.807, 2.05) is 30.3 Å². The van der Waals surface area contributed by atoms with Crippen LogP contribution < -0.4 is 4.74 Å². The molecule has 0 saturated heterocycles. The summed E-state index contributed by atoms with van der Waals surface area (Å²) in [5.74, 6) is -0.384. The number of carbonyl (C=O) groups excluding carboxylic acids is 1. The van der Waals surface area contributed by atoms with Crippen LogP contribution in [0.3, 0.4) is 0 Å². The van der Waals surface area contributed by atoms with Crippen molar-refractivity contribution in [2.24, 2.45) is 0 Å². The summed E-state index contributed by atoms with van der Waals surface area (Å²) in [5.41, 5.74) is 1.01. The normalized spacial score (nSPS) is 21.7. The predicted molar refractivity (Wildman–Crippen MR) is 90.0 cm³/mol. The zero-order valence-corrected chi connectivity index (χ0v) is 13.8. The van der Waals surface area contributed by atoms with E-state index in [1.165, 1.54) is 13.0 Å². The molecule has 4 rings (SSSR count). The largest absolute Gasteiger partial charge is 0.493 e. The summed E-state index contributed by atoms with van der Waals surface area (Å²) in [7, 11) is 0. The maximum absolute atomic E-state index is 14.3. The molecule has 0 bridgehead atoms. The van der Waals surface area contributed by atoms with Gasteiger partial charge >= 0.3 is 0 Å². The van der Waals surface area contributed by atoms with Gasteiger partial charge in [0.05, 0.1) is 12.1 Å². The van der Waals surface area contributed by atoms with Gasteiger partial charge in [0.1, 0.15) is 17.4 Å². The van der Waals surface area contributed by atoms with Crippen molar-refractivity contribution in [1.29, 1.82) is 0 Å². The zero-order chi connectivity index (χ0) is 17.6. The highest BCUT2D eigenvalue weighted by Gasteiger charge is 2.47. The molecular formula is C20H17F2NO2. The molecule has 0 fully saturated rings. The van der Waals surface area contributed by atoms with Gasteiger partial charge in [0.2, 0.25) is 5.91 Å². The Kier molecular flexibility index (Phi) is 3.60. The van der Waals surface area contributed by atoms with E-state index in [9.17, 15) is 13.6 Å². The molecular weight excluding hydrogens is 324 g/mol. The SMILES string of the molecule is CC(=O)N1CC(c2cc(F)ccc2F)=CC12CCOc1ccccc12. The Labute approximate surface area is 144 Å². The van der Waals surface area contributed by atoms with Crippen LogP contribution in [-0.4, -0.2) is 24.0 Å². The fourth-order valence-electron chi connectivity index (χ4n) is 3.85. The van der Waals surface area contributed by atoms with E-state index in [0.717, 1.165) is 23.4 Å². The molecule has 2 aliphatic heterocycles. The molecule has 0 N–H and O–H groups in total. The fourth-order valence-corrected chi connectivity index (χ4v) is 3.85. The number of hydrogen-bond acceptors (Lipinski definition) is 2. The Hall–Kier alpha value is -2.69. The van der Waals surface area contributed by atoms with Crippen molar-refractivity contribution in [3.8, 4) is 5.75 Å². The van der Waals surface area contributed by atoms with Crippen LogP contribution in [-0.2, 0) is 10.3 Å². The van der Waals surface area contributed by atoms with Gasteiger partial charge in [0, 0.05) is 31.0 Å². The molecule has 1 atom stereocenters. The summed E-state index contributed by atoms with van der Waals surface area (Å²) < 4.78 is 33.6. The smallest absolute Gasteiger partial charge is 0.220 e. The van der Waals surface area contributed by atoms with Gasteiger partial charge in [-0.2, -0.15) is 0 Å². The lowest BCUT2D eigenvalue weighted by Gasteiger charge is -2.41. The molecule has 0 aliphatic carbocycles. The summed E-state index contributed by atoms with van der Waals surface area (Å²) in [5, 5.41) is 0. The Bertz CT molecular complexity index is 893. The van der Waals surface area contributed by atoms with Gasteiger partial charge in [-0.3, -0.25) is 4.79 Å². The first kappa shape index (κ1) is 15.8. The van der Waals surface area contributed by atoms with E-state index in [0.29, 0.717) is 18.6 Å². The van der Waals surface area contributed by atoms with Gasteiger partial charge in [-0.25, -0.2) is 8.78 Å². The number of carbonyl (C=O) groups is 1. The van der Waals surface area contributed by atoms with E-state index < -0.39 is 17.2 Å². The van der Waals surface area contributed by atoms with E-state index >= 15 is 0 Å². The van der Waals surface area contributed by atoms with Crippen molar-refractivity contribution in [2.45, 2.75) is 18.9 Å². The average Bonchev–Trinajstić information content (AvgIpc) is 2.98. The lowest BCUT2D eigenvalue weighted by atomic mass is 9.83. The number of para-hydroxylation sites is 1. The van der Waals surface area contributed by atoms with Crippen molar-refractivity contribution in [1.82, 2.24) is 4.90 Å². The standard InChI is InChI=1S/C20H17F2NO2/c1-13(24)23-12-14(16-10-15(21)6-7-18(16)22)11-20(23)8-9-25-19-5-3-2-4-17(19)20/h2-7,10-11H,8-9,12H2,1H3. The van der Waals surface area contributed by atoms with E-state index in [4.69, 9.17) is 4.74 Å². The van der Waals surface area contributed by atoms with Gasteiger partial charge < -0.3 is 9.64 Å². The highest BCUT2D eigenvalue weighted by molar-refractivity contribution is 5.83. The Morgan fingerprint density at radius 2 is 2.00 bits per heavy atom. The minimum atomic E-state index is -0.686. The van der Waals surface area contributed by atoms with Crippen molar-refractivity contribution < 1.29 is 18.3 Å². The van der Waals surface area contributed by atoms with Crippen molar-refractivity contribution in [3.63, 3.8) is 0 Å². The number of ether oxygens (including phenoxy) is 1. The second-order valence-electron chi connectivity index (χ2n) is 6.42. The van der Waals surface area contributed by atoms with Crippen LogP contribution in [0.2, 0.25) is 0 Å². The number of amides is 1. The molecule has 2 aromatic rings. The molecule has 0 aromatic heterocycles. The number of nitrogens with zero attached hydrogens (tertiary/aromatic N) is 1. The molecule has 5 heteroatoms. The quantitative estimate of drug-likeness (QED) is 0.788. The molecule has 3 nitrogen and oxygen atoms in total. The van der Waals surface area contributed by atoms with Gasteiger partial charge in [0.15, 0.2) is 0 Å². The van der Waals surface area contributed by atoms with Gasteiger partial charge in [-0.15, -0.1) is 0 Å². The zero-order valence-electron chi connectivity index (χ0n) is 13.8. The molecule has 2 heterocycles. The number of hydrogen-bond donors (Lipinski definition) is 0. The maximum Gasteiger partial charge on any atom is 0.220 e. The number of fused-ring (bicyclic) bond motifs is 2. The number of halogens is 2. The van der Waals surface area contributed by atoms with E-state index in [-0.39, 0.29) is 18.0 Å². The predicted octanol–water partition coefficient (Wildman–Crippen LogP) is 3.89. The summed E-state index contributed by atoms with van der Waals surface area (Å²) in [6.45, 7) is 2.19. The van der Waals surface area contributed by atoms with Crippen LogP contribution >= 0.6 is 0 Å². The summed E-state index contributed by atoms with van der Waals surface area (Å²) in [4.78, 5) is 14.1. The van der Waals surface area contributed by atoms with Crippen molar-refractivity contribution in [3.05, 3.63) is 71.3 Å².